The molecule has 2 bridgehead atoms. The Hall–Kier alpha value is -0.700. The zero-order valence-corrected chi connectivity index (χ0v) is 9.15. The summed E-state index contributed by atoms with van der Waals surface area (Å²) in [5, 5.41) is 3.25. The van der Waals surface area contributed by atoms with Gasteiger partial charge in [0, 0.05) is 10.7 Å². The second-order valence-electron chi connectivity index (χ2n) is 4.12. The number of halogens is 1. The molecule has 0 radical (unpaired) electrons. The van der Waals surface area contributed by atoms with E-state index in [-0.39, 0.29) is 10.9 Å². The molecular weight excluding hydrogens is 242 g/mol. The number of hydrogen-bond acceptors (Lipinski definition) is 2. The van der Waals surface area contributed by atoms with Gasteiger partial charge in [0.15, 0.2) is 0 Å². The minimum absolute atomic E-state index is 0.0603. The molecule has 1 saturated carbocycles. The fourth-order valence-electron chi connectivity index (χ4n) is 2.93. The molecule has 2 nitrogen and oxygen atoms in total. The van der Waals surface area contributed by atoms with Crippen LogP contribution in [0.2, 0.25) is 0 Å². The lowest BCUT2D eigenvalue weighted by molar-refractivity contribution is 0.610. The van der Waals surface area contributed by atoms with Crippen molar-refractivity contribution in [2.75, 3.05) is 0 Å². The maximum absolute atomic E-state index is 10.7. The molecule has 3 heteroatoms. The molecule has 2 aliphatic carbocycles. The van der Waals surface area contributed by atoms with Gasteiger partial charge in [0.2, 0.25) is 0 Å². The van der Waals surface area contributed by atoms with Crippen LogP contribution in [0.25, 0.3) is 0 Å². The van der Waals surface area contributed by atoms with Gasteiger partial charge in [-0.05, 0) is 23.5 Å². The topological polar surface area (TPSA) is 29.4 Å². The molecule has 0 spiro atoms. The Morgan fingerprint density at radius 3 is 2.50 bits per heavy atom. The molecule has 2 aliphatic rings. The first-order valence-electron chi connectivity index (χ1n) is 4.88. The normalized spacial score (nSPS) is 38.4. The molecule has 1 fully saturated rings. The first-order chi connectivity index (χ1) is 6.83. The van der Waals surface area contributed by atoms with Crippen molar-refractivity contribution in [2.45, 2.75) is 29.1 Å². The second-order valence-corrected chi connectivity index (χ2v) is 5.18. The molecular formula is C11H10BrNO. The number of fused-ring (bicyclic) bond motifs is 5. The van der Waals surface area contributed by atoms with Crippen LogP contribution in [-0.2, 0) is 0 Å². The van der Waals surface area contributed by atoms with E-state index >= 15 is 0 Å². The average molecular weight is 252 g/mol. The summed E-state index contributed by atoms with van der Waals surface area (Å²) >= 11 is 3.60. The fourth-order valence-corrected chi connectivity index (χ4v) is 3.90. The van der Waals surface area contributed by atoms with Crippen LogP contribution in [0.1, 0.15) is 29.4 Å². The quantitative estimate of drug-likeness (QED) is 0.557. The van der Waals surface area contributed by atoms with Crippen molar-refractivity contribution in [3.05, 3.63) is 40.3 Å². The fraction of sp³-hybridized carbons (Fsp3) is 0.455. The highest BCUT2D eigenvalue weighted by Crippen LogP contribution is 2.56. The Kier molecular flexibility index (Phi) is 1.78. The summed E-state index contributed by atoms with van der Waals surface area (Å²) < 4.78 is 0. The minimum atomic E-state index is -0.0603. The molecule has 0 saturated heterocycles. The smallest absolute Gasteiger partial charge is 0.112 e. The molecule has 0 amide bonds. The maximum atomic E-state index is 10.7. The number of rotatable bonds is 1. The summed E-state index contributed by atoms with van der Waals surface area (Å²) in [5.41, 5.74) is 2.76. The van der Waals surface area contributed by atoms with Crippen LogP contribution in [0.15, 0.2) is 29.4 Å². The van der Waals surface area contributed by atoms with Crippen LogP contribution in [-0.4, -0.2) is 10.9 Å². The van der Waals surface area contributed by atoms with E-state index in [4.69, 9.17) is 0 Å². The van der Waals surface area contributed by atoms with Crippen molar-refractivity contribution in [3.63, 3.8) is 0 Å². The molecule has 3 rings (SSSR count). The van der Waals surface area contributed by atoms with Crippen LogP contribution in [0.5, 0.6) is 0 Å². The minimum Gasteiger partial charge on any atom is -0.150 e. The van der Waals surface area contributed by atoms with Gasteiger partial charge in [-0.15, -0.1) is 0 Å². The van der Waals surface area contributed by atoms with E-state index in [1.807, 2.05) is 6.07 Å². The summed E-state index contributed by atoms with van der Waals surface area (Å²) in [5.74, 6) is 0.858. The van der Waals surface area contributed by atoms with Gasteiger partial charge >= 0.3 is 0 Å². The van der Waals surface area contributed by atoms with Gasteiger partial charge in [-0.3, -0.25) is 0 Å². The molecule has 1 aromatic carbocycles. The van der Waals surface area contributed by atoms with Gasteiger partial charge in [0.1, 0.15) is 6.04 Å². The Labute approximate surface area is 90.8 Å². The number of nitroso groups, excluding NO2 is 1. The molecule has 0 unspecified atom stereocenters. The third-order valence-corrected chi connectivity index (χ3v) is 4.73. The molecule has 0 heterocycles. The Balaban J connectivity index is 2.13. The summed E-state index contributed by atoms with van der Waals surface area (Å²) in [6.45, 7) is 0. The van der Waals surface area contributed by atoms with Crippen molar-refractivity contribution in [1.29, 1.82) is 0 Å². The van der Waals surface area contributed by atoms with Gasteiger partial charge < -0.3 is 0 Å². The molecule has 4 atom stereocenters. The molecule has 0 aromatic heterocycles. The molecule has 14 heavy (non-hydrogen) atoms. The Morgan fingerprint density at radius 1 is 1.21 bits per heavy atom. The predicted octanol–water partition coefficient (Wildman–Crippen LogP) is 3.17. The van der Waals surface area contributed by atoms with Gasteiger partial charge in [0.25, 0.3) is 0 Å². The lowest BCUT2D eigenvalue weighted by atomic mass is 9.89. The van der Waals surface area contributed by atoms with Crippen LogP contribution in [0.4, 0.5) is 0 Å². The van der Waals surface area contributed by atoms with E-state index in [9.17, 15) is 4.91 Å². The number of alkyl halides is 1. The van der Waals surface area contributed by atoms with Crippen molar-refractivity contribution in [3.8, 4) is 0 Å². The monoisotopic (exact) mass is 251 g/mol. The Morgan fingerprint density at radius 2 is 1.86 bits per heavy atom. The van der Waals surface area contributed by atoms with E-state index in [2.05, 4.69) is 39.3 Å². The largest absolute Gasteiger partial charge is 0.150 e. The van der Waals surface area contributed by atoms with E-state index in [0.717, 1.165) is 6.42 Å². The van der Waals surface area contributed by atoms with Crippen LogP contribution in [0, 0.1) is 4.91 Å². The molecule has 0 aliphatic heterocycles. The van der Waals surface area contributed by atoms with Gasteiger partial charge in [-0.1, -0.05) is 45.4 Å². The number of nitrogens with zero attached hydrogens (tertiary/aromatic N) is 1. The molecule has 72 valence electrons. The maximum Gasteiger partial charge on any atom is 0.112 e. The SMILES string of the molecule is O=N[C@H]1[C@@H](Br)[C@H]2C[C@@H]1c1ccccc12. The lowest BCUT2D eigenvalue weighted by Gasteiger charge is -2.23. The zero-order chi connectivity index (χ0) is 9.71. The highest BCUT2D eigenvalue weighted by molar-refractivity contribution is 9.09. The summed E-state index contributed by atoms with van der Waals surface area (Å²) in [6, 6.07) is 8.37. The van der Waals surface area contributed by atoms with Crippen molar-refractivity contribution in [1.82, 2.24) is 0 Å². The second kappa shape index (κ2) is 2.89. The lowest BCUT2D eigenvalue weighted by Crippen LogP contribution is -2.24. The van der Waals surface area contributed by atoms with Gasteiger partial charge in [-0.25, -0.2) is 0 Å². The standard InChI is InChI=1S/C11H10BrNO/c12-10-8-5-9(11(10)13-14)7-4-2-1-3-6(7)8/h1-4,8-11H,5H2/t8-,9+,10-,11+/m0/s1. The summed E-state index contributed by atoms with van der Waals surface area (Å²) in [4.78, 5) is 11.0. The predicted molar refractivity (Wildman–Crippen MR) is 58.8 cm³/mol. The van der Waals surface area contributed by atoms with Crippen molar-refractivity contribution < 1.29 is 0 Å². The number of benzene rings is 1. The highest BCUT2D eigenvalue weighted by Gasteiger charge is 2.50. The van der Waals surface area contributed by atoms with Crippen molar-refractivity contribution in [2.24, 2.45) is 5.18 Å². The van der Waals surface area contributed by atoms with Gasteiger partial charge in [-0.2, -0.15) is 4.91 Å². The van der Waals surface area contributed by atoms with Gasteiger partial charge in [0.05, 0.1) is 0 Å². The van der Waals surface area contributed by atoms with E-state index in [1.165, 1.54) is 11.1 Å². The first kappa shape index (κ1) is 8.60. The van der Waals surface area contributed by atoms with Crippen molar-refractivity contribution >= 4 is 15.9 Å². The number of hydrogen-bond donors (Lipinski definition) is 0. The molecule has 0 N–H and O–H groups in total. The third-order valence-electron chi connectivity index (χ3n) is 3.55. The van der Waals surface area contributed by atoms with Crippen LogP contribution < -0.4 is 0 Å². The van der Waals surface area contributed by atoms with Crippen LogP contribution in [0.3, 0.4) is 0 Å². The first-order valence-corrected chi connectivity index (χ1v) is 5.80. The van der Waals surface area contributed by atoms with E-state index in [0.29, 0.717) is 11.8 Å². The van der Waals surface area contributed by atoms with E-state index < -0.39 is 0 Å². The molecule has 1 aromatic rings. The summed E-state index contributed by atoms with van der Waals surface area (Å²) in [6.07, 6.45) is 1.09. The third kappa shape index (κ3) is 0.910. The van der Waals surface area contributed by atoms with E-state index in [1.54, 1.807) is 0 Å². The highest BCUT2D eigenvalue weighted by atomic mass is 79.9. The van der Waals surface area contributed by atoms with Crippen LogP contribution >= 0.6 is 15.9 Å². The summed E-state index contributed by atoms with van der Waals surface area (Å²) in [7, 11) is 0. The Bertz CT molecular complexity index is 393. The average Bonchev–Trinajstić information content (AvgIpc) is 2.74. The zero-order valence-electron chi connectivity index (χ0n) is 7.56.